The third-order valence-electron chi connectivity index (χ3n) is 3.34. The van der Waals surface area contributed by atoms with Crippen molar-refractivity contribution in [3.63, 3.8) is 0 Å². The van der Waals surface area contributed by atoms with Gasteiger partial charge in [0, 0.05) is 12.1 Å². The van der Waals surface area contributed by atoms with Crippen molar-refractivity contribution < 1.29 is 13.3 Å². The van der Waals surface area contributed by atoms with E-state index in [0.717, 1.165) is 11.1 Å². The van der Waals surface area contributed by atoms with Gasteiger partial charge in [-0.2, -0.15) is 0 Å². The highest BCUT2D eigenvalue weighted by atomic mass is 32.2. The van der Waals surface area contributed by atoms with Crippen molar-refractivity contribution in [2.24, 2.45) is 0 Å². The van der Waals surface area contributed by atoms with Crippen molar-refractivity contribution >= 4 is 15.7 Å². The SMILES string of the molecule is Cc1ccccc1C(C)NS(=O)(=O)c1ccccc1[N+](=O)[O-]. The first-order chi connectivity index (χ1) is 10.3. The molecule has 7 heteroatoms. The molecule has 0 amide bonds. The van der Waals surface area contributed by atoms with Gasteiger partial charge in [-0.15, -0.1) is 0 Å². The topological polar surface area (TPSA) is 89.3 Å². The van der Waals surface area contributed by atoms with E-state index in [9.17, 15) is 18.5 Å². The van der Waals surface area contributed by atoms with Gasteiger partial charge < -0.3 is 0 Å². The Morgan fingerprint density at radius 3 is 2.32 bits per heavy atom. The molecule has 0 heterocycles. The van der Waals surface area contributed by atoms with Gasteiger partial charge in [0.25, 0.3) is 5.69 Å². The van der Waals surface area contributed by atoms with Crippen LogP contribution >= 0.6 is 0 Å². The lowest BCUT2D eigenvalue weighted by Gasteiger charge is -2.16. The first-order valence-electron chi connectivity index (χ1n) is 6.64. The highest BCUT2D eigenvalue weighted by Gasteiger charge is 2.27. The van der Waals surface area contributed by atoms with Crippen molar-refractivity contribution in [3.05, 3.63) is 69.8 Å². The lowest BCUT2D eigenvalue weighted by atomic mass is 10.0. The second-order valence-electron chi connectivity index (χ2n) is 4.92. The molecule has 22 heavy (non-hydrogen) atoms. The van der Waals surface area contributed by atoms with Gasteiger partial charge in [0.05, 0.1) is 4.92 Å². The van der Waals surface area contributed by atoms with Gasteiger partial charge in [-0.1, -0.05) is 36.4 Å². The van der Waals surface area contributed by atoms with Gasteiger partial charge in [0.2, 0.25) is 10.0 Å². The summed E-state index contributed by atoms with van der Waals surface area (Å²) in [7, 11) is -3.99. The van der Waals surface area contributed by atoms with Crippen LogP contribution in [0, 0.1) is 17.0 Å². The molecule has 0 bridgehead atoms. The second-order valence-corrected chi connectivity index (χ2v) is 6.61. The minimum atomic E-state index is -3.99. The van der Waals surface area contributed by atoms with Crippen LogP contribution in [0.4, 0.5) is 5.69 Å². The molecule has 1 atom stereocenters. The summed E-state index contributed by atoms with van der Waals surface area (Å²) >= 11 is 0. The molecular weight excluding hydrogens is 304 g/mol. The van der Waals surface area contributed by atoms with E-state index in [4.69, 9.17) is 0 Å². The van der Waals surface area contributed by atoms with Crippen LogP contribution in [0.3, 0.4) is 0 Å². The van der Waals surface area contributed by atoms with Gasteiger partial charge in [0.15, 0.2) is 4.90 Å². The van der Waals surface area contributed by atoms with E-state index in [0.29, 0.717) is 0 Å². The van der Waals surface area contributed by atoms with E-state index >= 15 is 0 Å². The number of hydrogen-bond donors (Lipinski definition) is 1. The molecule has 0 aromatic heterocycles. The Morgan fingerprint density at radius 1 is 1.09 bits per heavy atom. The van der Waals surface area contributed by atoms with E-state index in [1.165, 1.54) is 24.3 Å². The summed E-state index contributed by atoms with van der Waals surface area (Å²) in [6, 6.07) is 12.2. The van der Waals surface area contributed by atoms with E-state index in [-0.39, 0.29) is 4.90 Å². The summed E-state index contributed by atoms with van der Waals surface area (Å²) in [5.41, 5.74) is 1.33. The van der Waals surface area contributed by atoms with Crippen LogP contribution in [0.5, 0.6) is 0 Å². The number of hydrogen-bond acceptors (Lipinski definition) is 4. The number of nitro groups is 1. The fourth-order valence-electron chi connectivity index (χ4n) is 2.27. The zero-order chi connectivity index (χ0) is 16.3. The number of para-hydroxylation sites is 1. The quantitative estimate of drug-likeness (QED) is 0.677. The highest BCUT2D eigenvalue weighted by Crippen LogP contribution is 2.25. The number of aryl methyl sites for hydroxylation is 1. The van der Waals surface area contributed by atoms with Crippen LogP contribution in [0.25, 0.3) is 0 Å². The maximum absolute atomic E-state index is 12.4. The average molecular weight is 320 g/mol. The normalized spacial score (nSPS) is 12.8. The second kappa shape index (κ2) is 6.25. The molecule has 116 valence electrons. The lowest BCUT2D eigenvalue weighted by molar-refractivity contribution is -0.387. The molecular formula is C15H16N2O4S. The average Bonchev–Trinajstić information content (AvgIpc) is 2.47. The Hall–Kier alpha value is -2.25. The molecule has 1 N–H and O–H groups in total. The van der Waals surface area contributed by atoms with E-state index < -0.39 is 26.7 Å². The molecule has 2 aromatic rings. The Bertz CT molecular complexity index is 803. The maximum Gasteiger partial charge on any atom is 0.289 e. The molecule has 0 saturated heterocycles. The molecule has 0 aliphatic carbocycles. The number of nitro benzene ring substituents is 1. The molecule has 0 aliphatic heterocycles. The summed E-state index contributed by atoms with van der Waals surface area (Å²) in [5, 5.41) is 11.0. The Kier molecular flexibility index (Phi) is 4.58. The molecule has 0 radical (unpaired) electrons. The van der Waals surface area contributed by atoms with Crippen LogP contribution < -0.4 is 4.72 Å². The van der Waals surface area contributed by atoms with Gasteiger partial charge in [-0.3, -0.25) is 10.1 Å². The number of sulfonamides is 1. The van der Waals surface area contributed by atoms with Crippen LogP contribution in [0.2, 0.25) is 0 Å². The zero-order valence-corrected chi connectivity index (χ0v) is 13.0. The van der Waals surface area contributed by atoms with Crippen LogP contribution in [-0.4, -0.2) is 13.3 Å². The Morgan fingerprint density at radius 2 is 1.68 bits per heavy atom. The minimum Gasteiger partial charge on any atom is -0.258 e. The van der Waals surface area contributed by atoms with Gasteiger partial charge >= 0.3 is 0 Å². The van der Waals surface area contributed by atoms with Gasteiger partial charge in [-0.25, -0.2) is 13.1 Å². The fraction of sp³-hybridized carbons (Fsp3) is 0.200. The number of nitrogens with one attached hydrogen (secondary N) is 1. The third-order valence-corrected chi connectivity index (χ3v) is 4.93. The third kappa shape index (κ3) is 3.32. The molecule has 2 rings (SSSR count). The molecule has 2 aromatic carbocycles. The molecule has 0 spiro atoms. The Balaban J connectivity index is 2.37. The maximum atomic E-state index is 12.4. The van der Waals surface area contributed by atoms with Crippen molar-refractivity contribution in [2.75, 3.05) is 0 Å². The number of benzene rings is 2. The zero-order valence-electron chi connectivity index (χ0n) is 12.2. The molecule has 1 unspecified atom stereocenters. The molecule has 0 aliphatic rings. The van der Waals surface area contributed by atoms with Crippen molar-refractivity contribution in [1.29, 1.82) is 0 Å². The van der Waals surface area contributed by atoms with Crippen LogP contribution in [0.1, 0.15) is 24.1 Å². The predicted molar refractivity (Wildman–Crippen MR) is 83.0 cm³/mol. The molecule has 6 nitrogen and oxygen atoms in total. The largest absolute Gasteiger partial charge is 0.289 e. The van der Waals surface area contributed by atoms with E-state index in [2.05, 4.69) is 4.72 Å². The highest BCUT2D eigenvalue weighted by molar-refractivity contribution is 7.89. The van der Waals surface area contributed by atoms with Crippen molar-refractivity contribution in [3.8, 4) is 0 Å². The van der Waals surface area contributed by atoms with Gasteiger partial charge in [0.1, 0.15) is 0 Å². The number of nitrogens with zero attached hydrogens (tertiary/aromatic N) is 1. The van der Waals surface area contributed by atoms with Crippen LogP contribution in [0.15, 0.2) is 53.4 Å². The van der Waals surface area contributed by atoms with Crippen molar-refractivity contribution in [1.82, 2.24) is 4.72 Å². The summed E-state index contributed by atoms with van der Waals surface area (Å²) in [5.74, 6) is 0. The first kappa shape index (κ1) is 16.1. The number of rotatable bonds is 5. The summed E-state index contributed by atoms with van der Waals surface area (Å²) in [6.07, 6.45) is 0. The summed E-state index contributed by atoms with van der Waals surface area (Å²) in [4.78, 5) is 9.96. The molecule has 0 saturated carbocycles. The first-order valence-corrected chi connectivity index (χ1v) is 8.12. The lowest BCUT2D eigenvalue weighted by Crippen LogP contribution is -2.27. The monoisotopic (exact) mass is 320 g/mol. The van der Waals surface area contributed by atoms with Gasteiger partial charge in [-0.05, 0) is 31.0 Å². The van der Waals surface area contributed by atoms with E-state index in [1.807, 2.05) is 31.2 Å². The van der Waals surface area contributed by atoms with Crippen LogP contribution in [-0.2, 0) is 10.0 Å². The Labute approximate surface area is 129 Å². The minimum absolute atomic E-state index is 0.333. The smallest absolute Gasteiger partial charge is 0.258 e. The van der Waals surface area contributed by atoms with Crippen molar-refractivity contribution in [2.45, 2.75) is 24.8 Å². The summed E-state index contributed by atoms with van der Waals surface area (Å²) in [6.45, 7) is 3.58. The van der Waals surface area contributed by atoms with E-state index in [1.54, 1.807) is 6.92 Å². The molecule has 0 fully saturated rings. The summed E-state index contributed by atoms with van der Waals surface area (Å²) < 4.78 is 27.4. The predicted octanol–water partition coefficient (Wildman–Crippen LogP) is 2.94. The fourth-order valence-corrected chi connectivity index (χ4v) is 3.66. The standard InChI is InChI=1S/C15H16N2O4S/c1-11-7-3-4-8-13(11)12(2)16-22(20,21)15-10-6-5-9-14(15)17(18)19/h3-10,12,16H,1-2H3.